The summed E-state index contributed by atoms with van der Waals surface area (Å²) in [6.07, 6.45) is 2.41. The number of carbonyl (C=O) groups excluding carboxylic acids is 3. The molecular weight excluding hydrogens is 344 g/mol. The summed E-state index contributed by atoms with van der Waals surface area (Å²) in [6, 6.07) is 5.26. The molecule has 2 heterocycles. The van der Waals surface area contributed by atoms with Gasteiger partial charge in [0.15, 0.2) is 0 Å². The van der Waals surface area contributed by atoms with Gasteiger partial charge in [-0.15, -0.1) is 0 Å². The second-order valence-electron chi connectivity index (χ2n) is 7.70. The van der Waals surface area contributed by atoms with Crippen LogP contribution in [0.3, 0.4) is 0 Å². The van der Waals surface area contributed by atoms with Crippen molar-refractivity contribution in [2.24, 2.45) is 11.7 Å². The molecule has 1 aromatic carbocycles. The minimum Gasteiger partial charge on any atom is -0.353 e. The van der Waals surface area contributed by atoms with Gasteiger partial charge >= 0.3 is 0 Å². The molecule has 3 rings (SSSR count). The van der Waals surface area contributed by atoms with Crippen molar-refractivity contribution in [3.05, 3.63) is 29.3 Å². The summed E-state index contributed by atoms with van der Waals surface area (Å²) in [5.74, 6) is 0.325. The molecule has 146 valence electrons. The van der Waals surface area contributed by atoms with E-state index in [1.54, 1.807) is 6.92 Å². The molecule has 2 aliphatic rings. The Hall–Kier alpha value is -2.41. The zero-order valence-electron chi connectivity index (χ0n) is 16.0. The molecule has 7 heteroatoms. The van der Waals surface area contributed by atoms with Crippen LogP contribution in [-0.2, 0) is 27.2 Å². The quantitative estimate of drug-likeness (QED) is 0.711. The first-order valence-corrected chi connectivity index (χ1v) is 9.59. The Kier molecular flexibility index (Phi) is 5.79. The molecule has 1 unspecified atom stereocenters. The van der Waals surface area contributed by atoms with Gasteiger partial charge in [0.1, 0.15) is 0 Å². The minimum atomic E-state index is -0.462. The first-order valence-electron chi connectivity index (χ1n) is 9.59. The zero-order valence-corrected chi connectivity index (χ0v) is 16.0. The van der Waals surface area contributed by atoms with Crippen LogP contribution in [0.4, 0.5) is 5.69 Å². The predicted molar refractivity (Wildman–Crippen MR) is 103 cm³/mol. The summed E-state index contributed by atoms with van der Waals surface area (Å²) in [6.45, 7) is 5.12. The molecule has 0 bridgehead atoms. The molecule has 2 aliphatic heterocycles. The van der Waals surface area contributed by atoms with Crippen LogP contribution in [0.1, 0.15) is 37.8 Å². The number of piperidine rings is 1. The molecule has 0 spiro atoms. The Morgan fingerprint density at radius 2 is 2.00 bits per heavy atom. The van der Waals surface area contributed by atoms with Gasteiger partial charge < -0.3 is 21.3 Å². The molecule has 0 aliphatic carbocycles. The van der Waals surface area contributed by atoms with E-state index in [2.05, 4.69) is 10.6 Å². The van der Waals surface area contributed by atoms with Crippen molar-refractivity contribution in [2.45, 2.75) is 51.6 Å². The summed E-state index contributed by atoms with van der Waals surface area (Å²) < 4.78 is 0. The third-order valence-electron chi connectivity index (χ3n) is 5.50. The molecule has 0 radical (unpaired) electrons. The molecule has 27 heavy (non-hydrogen) atoms. The van der Waals surface area contributed by atoms with Crippen molar-refractivity contribution in [1.29, 1.82) is 0 Å². The highest BCUT2D eigenvalue weighted by Crippen LogP contribution is 2.24. The maximum Gasteiger partial charge on any atom is 0.239 e. The topological polar surface area (TPSA) is 105 Å². The van der Waals surface area contributed by atoms with E-state index in [0.29, 0.717) is 31.8 Å². The lowest BCUT2D eigenvalue weighted by atomic mass is 9.90. The van der Waals surface area contributed by atoms with Crippen LogP contribution in [0.25, 0.3) is 0 Å². The lowest BCUT2D eigenvalue weighted by Gasteiger charge is -2.35. The van der Waals surface area contributed by atoms with E-state index in [9.17, 15) is 14.4 Å². The number of anilines is 1. The maximum absolute atomic E-state index is 12.4. The standard InChI is InChI=1S/C20H28N4O3/c1-12(21)20(27)24-7-5-15(6-8-24)13(2)22-18(25)10-14-3-4-17-16(9-14)11-19(26)23-17/h3-4,9,12-13,15H,5-8,10-11,21H2,1-2H3,(H,22,25)(H,23,26)/t12-,13?/m0/s1. The number of carbonyl (C=O) groups is 3. The van der Waals surface area contributed by atoms with Crippen LogP contribution in [0.15, 0.2) is 18.2 Å². The monoisotopic (exact) mass is 372 g/mol. The van der Waals surface area contributed by atoms with Crippen LogP contribution in [0.5, 0.6) is 0 Å². The number of amides is 3. The van der Waals surface area contributed by atoms with E-state index >= 15 is 0 Å². The first kappa shape index (κ1) is 19.4. The van der Waals surface area contributed by atoms with Gasteiger partial charge in [0.25, 0.3) is 0 Å². The molecule has 3 amide bonds. The Morgan fingerprint density at radius 3 is 2.67 bits per heavy atom. The zero-order chi connectivity index (χ0) is 19.6. The first-order chi connectivity index (χ1) is 12.8. The number of hydrogen-bond acceptors (Lipinski definition) is 4. The van der Waals surface area contributed by atoms with Gasteiger partial charge in [-0.3, -0.25) is 14.4 Å². The van der Waals surface area contributed by atoms with Crippen molar-refractivity contribution < 1.29 is 14.4 Å². The summed E-state index contributed by atoms with van der Waals surface area (Å²) in [4.78, 5) is 37.6. The predicted octanol–water partition coefficient (Wildman–Crippen LogP) is 0.814. The van der Waals surface area contributed by atoms with Crippen molar-refractivity contribution in [3.63, 3.8) is 0 Å². The molecular formula is C20H28N4O3. The third-order valence-corrected chi connectivity index (χ3v) is 5.50. The van der Waals surface area contributed by atoms with Crippen molar-refractivity contribution in [2.75, 3.05) is 18.4 Å². The normalized spacial score (nSPS) is 19.2. The van der Waals surface area contributed by atoms with Crippen molar-refractivity contribution >= 4 is 23.4 Å². The number of likely N-dealkylation sites (tertiary alicyclic amines) is 1. The molecule has 2 atom stereocenters. The molecule has 1 aromatic rings. The number of rotatable bonds is 5. The highest BCUT2D eigenvalue weighted by atomic mass is 16.2. The Bertz CT molecular complexity index is 739. The molecule has 0 saturated carbocycles. The largest absolute Gasteiger partial charge is 0.353 e. The summed E-state index contributed by atoms with van der Waals surface area (Å²) in [5, 5.41) is 5.89. The lowest BCUT2D eigenvalue weighted by molar-refractivity contribution is -0.134. The highest BCUT2D eigenvalue weighted by molar-refractivity contribution is 5.99. The number of hydrogen-bond donors (Lipinski definition) is 3. The fourth-order valence-corrected chi connectivity index (χ4v) is 3.91. The van der Waals surface area contributed by atoms with Gasteiger partial charge in [0, 0.05) is 24.8 Å². The molecule has 1 saturated heterocycles. The average molecular weight is 372 g/mol. The van der Waals surface area contributed by atoms with Gasteiger partial charge in [-0.05, 0) is 49.8 Å². The number of nitrogens with one attached hydrogen (secondary N) is 2. The molecule has 4 N–H and O–H groups in total. The van der Waals surface area contributed by atoms with E-state index in [0.717, 1.165) is 29.7 Å². The van der Waals surface area contributed by atoms with Gasteiger partial charge in [0.2, 0.25) is 17.7 Å². The van der Waals surface area contributed by atoms with Crippen LogP contribution in [0, 0.1) is 5.92 Å². The van der Waals surface area contributed by atoms with Crippen LogP contribution in [0.2, 0.25) is 0 Å². The lowest BCUT2D eigenvalue weighted by Crippen LogP contribution is -2.49. The molecule has 7 nitrogen and oxygen atoms in total. The van der Waals surface area contributed by atoms with Crippen molar-refractivity contribution in [3.8, 4) is 0 Å². The van der Waals surface area contributed by atoms with E-state index in [1.165, 1.54) is 0 Å². The second-order valence-corrected chi connectivity index (χ2v) is 7.70. The SMILES string of the molecule is CC(NC(=O)Cc1ccc2c(c1)CC(=O)N2)C1CCN(C(=O)[C@H](C)N)CC1. The number of fused-ring (bicyclic) bond motifs is 1. The smallest absolute Gasteiger partial charge is 0.239 e. The second kappa shape index (κ2) is 8.08. The summed E-state index contributed by atoms with van der Waals surface area (Å²) in [7, 11) is 0. The fourth-order valence-electron chi connectivity index (χ4n) is 3.91. The number of benzene rings is 1. The van der Waals surface area contributed by atoms with Gasteiger partial charge in [-0.2, -0.15) is 0 Å². The van der Waals surface area contributed by atoms with E-state index in [1.807, 2.05) is 30.0 Å². The number of nitrogens with two attached hydrogens (primary N) is 1. The Labute approximate surface area is 159 Å². The van der Waals surface area contributed by atoms with E-state index in [-0.39, 0.29) is 23.8 Å². The summed E-state index contributed by atoms with van der Waals surface area (Å²) >= 11 is 0. The average Bonchev–Trinajstić information content (AvgIpc) is 3.00. The van der Waals surface area contributed by atoms with E-state index in [4.69, 9.17) is 5.73 Å². The summed E-state index contributed by atoms with van der Waals surface area (Å²) in [5.41, 5.74) is 8.37. The van der Waals surface area contributed by atoms with E-state index < -0.39 is 6.04 Å². The Balaban J connectivity index is 1.48. The fraction of sp³-hybridized carbons (Fsp3) is 0.550. The molecule has 1 fully saturated rings. The van der Waals surface area contributed by atoms with Crippen molar-refractivity contribution in [1.82, 2.24) is 10.2 Å². The maximum atomic E-state index is 12.4. The van der Waals surface area contributed by atoms with Gasteiger partial charge in [-0.1, -0.05) is 12.1 Å². The van der Waals surface area contributed by atoms with Crippen LogP contribution < -0.4 is 16.4 Å². The van der Waals surface area contributed by atoms with Crippen LogP contribution >= 0.6 is 0 Å². The third kappa shape index (κ3) is 4.66. The molecule has 0 aromatic heterocycles. The minimum absolute atomic E-state index is 0.00489. The highest BCUT2D eigenvalue weighted by Gasteiger charge is 2.28. The Morgan fingerprint density at radius 1 is 1.30 bits per heavy atom. The number of nitrogens with zero attached hydrogens (tertiary/aromatic N) is 1. The van der Waals surface area contributed by atoms with Gasteiger partial charge in [-0.25, -0.2) is 0 Å². The van der Waals surface area contributed by atoms with Crippen LogP contribution in [-0.4, -0.2) is 47.8 Å². The van der Waals surface area contributed by atoms with Gasteiger partial charge in [0.05, 0.1) is 18.9 Å².